The monoisotopic (exact) mass is 548 g/mol. The second-order valence-corrected chi connectivity index (χ2v) is 10.1. The van der Waals surface area contributed by atoms with Crippen LogP contribution in [0.1, 0.15) is 16.1 Å². The summed E-state index contributed by atoms with van der Waals surface area (Å²) in [6.45, 7) is 5.61. The lowest BCUT2D eigenvalue weighted by atomic mass is 10.1. The summed E-state index contributed by atoms with van der Waals surface area (Å²) in [7, 11) is 2.04. The van der Waals surface area contributed by atoms with Crippen LogP contribution in [-0.4, -0.2) is 99.7 Å². The molecule has 1 amide bonds. The topological polar surface area (TPSA) is 91.7 Å². The molecule has 0 spiro atoms. The van der Waals surface area contributed by atoms with Crippen LogP contribution in [0.4, 0.5) is 20.4 Å². The fraction of sp³-hybridized carbons (Fsp3) is 0.357. The molecule has 6 rings (SSSR count). The normalized spacial score (nSPS) is 16.9. The van der Waals surface area contributed by atoms with E-state index in [2.05, 4.69) is 25.2 Å². The molecule has 10 nitrogen and oxygen atoms in total. The zero-order valence-electron chi connectivity index (χ0n) is 22.2. The third-order valence-electron chi connectivity index (χ3n) is 7.35. The van der Waals surface area contributed by atoms with Gasteiger partial charge in [-0.05, 0) is 37.4 Å². The smallest absolute Gasteiger partial charge is 0.272 e. The Morgan fingerprint density at radius 1 is 0.975 bits per heavy atom. The van der Waals surface area contributed by atoms with Gasteiger partial charge in [-0.2, -0.15) is 4.98 Å². The van der Waals surface area contributed by atoms with Crippen LogP contribution in [0, 0.1) is 11.6 Å². The number of piperazine rings is 1. The summed E-state index contributed by atoms with van der Waals surface area (Å²) in [5.74, 6) is -1.01. The van der Waals surface area contributed by atoms with Crippen molar-refractivity contribution < 1.29 is 18.3 Å². The Morgan fingerprint density at radius 3 is 2.42 bits per heavy atom. The first kappa shape index (κ1) is 26.2. The van der Waals surface area contributed by atoms with Crippen LogP contribution in [0.15, 0.2) is 48.9 Å². The minimum Gasteiger partial charge on any atom is -0.379 e. The van der Waals surface area contributed by atoms with E-state index in [0.29, 0.717) is 62.1 Å². The molecule has 2 aliphatic rings. The fourth-order valence-electron chi connectivity index (χ4n) is 4.94. The van der Waals surface area contributed by atoms with Gasteiger partial charge in [0, 0.05) is 69.2 Å². The highest BCUT2D eigenvalue weighted by Gasteiger charge is 2.22. The molecule has 208 valence electrons. The number of pyridine rings is 1. The maximum absolute atomic E-state index is 15.1. The quantitative estimate of drug-likeness (QED) is 0.393. The highest BCUT2D eigenvalue weighted by atomic mass is 19.1. The van der Waals surface area contributed by atoms with Crippen molar-refractivity contribution in [1.82, 2.24) is 34.2 Å². The minimum atomic E-state index is -0.604. The number of hydrogen-bond donors (Lipinski definition) is 1. The van der Waals surface area contributed by atoms with Gasteiger partial charge in [-0.25, -0.2) is 18.7 Å². The number of nitrogens with one attached hydrogen (secondary N) is 1. The van der Waals surface area contributed by atoms with Crippen molar-refractivity contribution in [2.75, 3.05) is 64.8 Å². The molecule has 4 aromatic rings. The molecular formula is C28H30F2N8O2. The average molecular weight is 549 g/mol. The molecule has 2 fully saturated rings. The Labute approximate surface area is 230 Å². The molecule has 2 aliphatic heterocycles. The number of carbonyl (C=O) groups is 1. The summed E-state index contributed by atoms with van der Waals surface area (Å²) in [4.78, 5) is 32.0. The SMILES string of the molecule is CN1CCN(C(=O)c2ccc(Nc3ncc4ccn(-c5cc(F)c(CN6CCOCC6)c(F)c5)c4n3)cn2)CC1. The largest absolute Gasteiger partial charge is 0.379 e. The number of benzene rings is 1. The number of likely N-dealkylation sites (N-methyl/N-ethyl adjacent to an activating group) is 1. The average Bonchev–Trinajstić information content (AvgIpc) is 3.39. The van der Waals surface area contributed by atoms with Crippen molar-refractivity contribution in [1.29, 1.82) is 0 Å². The van der Waals surface area contributed by atoms with Crippen molar-refractivity contribution >= 4 is 28.6 Å². The van der Waals surface area contributed by atoms with Gasteiger partial charge in [0.15, 0.2) is 0 Å². The van der Waals surface area contributed by atoms with Gasteiger partial charge in [0.05, 0.1) is 30.8 Å². The predicted octanol–water partition coefficient (Wildman–Crippen LogP) is 3.06. The maximum atomic E-state index is 15.1. The second-order valence-electron chi connectivity index (χ2n) is 10.1. The van der Waals surface area contributed by atoms with Gasteiger partial charge < -0.3 is 24.4 Å². The van der Waals surface area contributed by atoms with E-state index in [1.165, 1.54) is 12.1 Å². The molecule has 0 unspecified atom stereocenters. The lowest BCUT2D eigenvalue weighted by Gasteiger charge is -2.32. The summed E-state index contributed by atoms with van der Waals surface area (Å²) in [5, 5.41) is 3.82. The van der Waals surface area contributed by atoms with Gasteiger partial charge in [-0.3, -0.25) is 9.69 Å². The first-order valence-corrected chi connectivity index (χ1v) is 13.3. The minimum absolute atomic E-state index is 0.0427. The van der Waals surface area contributed by atoms with Crippen LogP contribution in [0.3, 0.4) is 0 Å². The first-order chi connectivity index (χ1) is 19.4. The number of rotatable bonds is 6. The fourth-order valence-corrected chi connectivity index (χ4v) is 4.94. The van der Waals surface area contributed by atoms with Gasteiger partial charge >= 0.3 is 0 Å². The molecule has 40 heavy (non-hydrogen) atoms. The van der Waals surface area contributed by atoms with E-state index in [9.17, 15) is 4.79 Å². The summed E-state index contributed by atoms with van der Waals surface area (Å²) < 4.78 is 37.1. The molecule has 0 atom stereocenters. The van der Waals surface area contributed by atoms with Gasteiger partial charge in [0.25, 0.3) is 5.91 Å². The van der Waals surface area contributed by atoms with Crippen molar-refractivity contribution in [2.24, 2.45) is 0 Å². The number of morpholine rings is 1. The summed E-state index contributed by atoms with van der Waals surface area (Å²) in [6.07, 6.45) is 4.91. The molecule has 0 saturated carbocycles. The predicted molar refractivity (Wildman–Crippen MR) is 146 cm³/mol. The Hall–Kier alpha value is -4.00. The number of nitrogens with zero attached hydrogens (tertiary/aromatic N) is 7. The summed E-state index contributed by atoms with van der Waals surface area (Å²) >= 11 is 0. The zero-order valence-corrected chi connectivity index (χ0v) is 22.2. The van der Waals surface area contributed by atoms with Crippen LogP contribution in [-0.2, 0) is 11.3 Å². The molecular weight excluding hydrogens is 518 g/mol. The number of anilines is 2. The Bertz CT molecular complexity index is 1490. The van der Waals surface area contributed by atoms with E-state index in [1.54, 1.807) is 41.4 Å². The third-order valence-corrected chi connectivity index (χ3v) is 7.35. The number of aromatic nitrogens is 4. The molecule has 0 bridgehead atoms. The van der Waals surface area contributed by atoms with Crippen LogP contribution >= 0.6 is 0 Å². The van der Waals surface area contributed by atoms with Gasteiger partial charge in [-0.1, -0.05) is 0 Å². The van der Waals surface area contributed by atoms with Gasteiger partial charge in [-0.15, -0.1) is 0 Å². The van der Waals surface area contributed by atoms with Crippen molar-refractivity contribution in [3.8, 4) is 5.69 Å². The number of carbonyl (C=O) groups excluding carboxylic acids is 1. The Balaban J connectivity index is 1.19. The van der Waals surface area contributed by atoms with Gasteiger partial charge in [0.1, 0.15) is 23.0 Å². The molecule has 12 heteroatoms. The van der Waals surface area contributed by atoms with E-state index >= 15 is 8.78 Å². The number of hydrogen-bond acceptors (Lipinski definition) is 8. The number of fused-ring (bicyclic) bond motifs is 1. The number of halogens is 2. The Kier molecular flexibility index (Phi) is 7.37. The third kappa shape index (κ3) is 5.51. The molecule has 3 aromatic heterocycles. The van der Waals surface area contributed by atoms with E-state index in [0.717, 1.165) is 18.5 Å². The van der Waals surface area contributed by atoms with E-state index < -0.39 is 11.6 Å². The van der Waals surface area contributed by atoms with Crippen molar-refractivity contribution in [3.05, 3.63) is 71.8 Å². The number of ether oxygens (including phenoxy) is 1. The van der Waals surface area contributed by atoms with Crippen LogP contribution in [0.25, 0.3) is 16.7 Å². The maximum Gasteiger partial charge on any atom is 0.272 e. The number of amides is 1. The van der Waals surface area contributed by atoms with Crippen LogP contribution in [0.2, 0.25) is 0 Å². The van der Waals surface area contributed by atoms with E-state index in [-0.39, 0.29) is 24.0 Å². The molecule has 1 aromatic carbocycles. The van der Waals surface area contributed by atoms with Crippen molar-refractivity contribution in [2.45, 2.75) is 6.54 Å². The van der Waals surface area contributed by atoms with Crippen LogP contribution < -0.4 is 5.32 Å². The second kappa shape index (κ2) is 11.2. The van der Waals surface area contributed by atoms with Crippen molar-refractivity contribution in [3.63, 3.8) is 0 Å². The first-order valence-electron chi connectivity index (χ1n) is 13.3. The van der Waals surface area contributed by atoms with Gasteiger partial charge in [0.2, 0.25) is 5.95 Å². The summed E-state index contributed by atoms with van der Waals surface area (Å²) in [6, 6.07) is 7.87. The molecule has 0 radical (unpaired) electrons. The lowest BCUT2D eigenvalue weighted by molar-refractivity contribution is 0.0332. The standard InChI is InChI=1S/C28H30F2N8O2/c1-35-6-8-37(9-7-35)27(39)25-3-2-20(17-31-25)33-28-32-16-19-4-5-38(26(19)34-28)21-14-23(29)22(24(30)15-21)18-36-10-12-40-13-11-36/h2-5,14-17H,6-13,18H2,1H3,(H,32,33,34). The van der Waals surface area contributed by atoms with E-state index in [1.807, 2.05) is 16.8 Å². The highest BCUT2D eigenvalue weighted by Crippen LogP contribution is 2.25. The molecule has 1 N–H and O–H groups in total. The highest BCUT2D eigenvalue weighted by molar-refractivity contribution is 5.92. The van der Waals surface area contributed by atoms with E-state index in [4.69, 9.17) is 4.74 Å². The zero-order chi connectivity index (χ0) is 27.6. The summed E-state index contributed by atoms with van der Waals surface area (Å²) in [5.41, 5.74) is 1.85. The lowest BCUT2D eigenvalue weighted by Crippen LogP contribution is -2.47. The molecule has 0 aliphatic carbocycles. The molecule has 5 heterocycles. The Morgan fingerprint density at radius 2 is 1.73 bits per heavy atom. The molecule has 2 saturated heterocycles. The van der Waals surface area contributed by atoms with Crippen LogP contribution in [0.5, 0.6) is 0 Å².